The number of ether oxygens (including phenoxy) is 2. The summed E-state index contributed by atoms with van der Waals surface area (Å²) in [4.78, 5) is 0. The lowest BCUT2D eigenvalue weighted by atomic mass is 10.5. The van der Waals surface area contributed by atoms with E-state index in [0.717, 1.165) is 0 Å². The van der Waals surface area contributed by atoms with Gasteiger partial charge in [0.2, 0.25) is 0 Å². The van der Waals surface area contributed by atoms with Crippen molar-refractivity contribution in [1.82, 2.24) is 0 Å². The predicted molar refractivity (Wildman–Crippen MR) is 22.8 cm³/mol. The van der Waals surface area contributed by atoms with Crippen LogP contribution in [0.1, 0.15) is 0 Å². The van der Waals surface area contributed by atoms with Crippen LogP contribution < -0.4 is 0 Å². The molecule has 1 saturated heterocycles. The molecule has 1 heterocycles. The highest BCUT2D eigenvalue weighted by Gasteiger charge is 2.30. The molecule has 1 rings (SSSR count). The van der Waals surface area contributed by atoms with E-state index < -0.39 is 6.29 Å². The first-order valence-electron chi connectivity index (χ1n) is 2.17. The normalized spacial score (nSPS) is 32.6. The Hall–Kier alpha value is -0.120. The zero-order valence-electron chi connectivity index (χ0n) is 4.13. The summed E-state index contributed by atoms with van der Waals surface area (Å²) in [5.74, 6) is 0. The monoisotopic (exact) mass is 104 g/mol. The molecule has 0 bridgehead atoms. The molecule has 0 saturated carbocycles. The highest BCUT2D eigenvalue weighted by molar-refractivity contribution is 4.70. The summed E-state index contributed by atoms with van der Waals surface area (Å²) in [7, 11) is 1.45. The minimum Gasteiger partial charge on any atom is -0.368 e. The summed E-state index contributed by atoms with van der Waals surface area (Å²) in [6, 6.07) is 0. The lowest BCUT2D eigenvalue weighted by molar-refractivity contribution is -0.0888. The fraction of sp³-hybridized carbons (Fsp3) is 1.00. The van der Waals surface area contributed by atoms with Crippen LogP contribution >= 0.6 is 0 Å². The Balaban J connectivity index is 2.10. The van der Waals surface area contributed by atoms with Crippen LogP contribution in [0.2, 0.25) is 0 Å². The van der Waals surface area contributed by atoms with Crippen molar-refractivity contribution in [3.8, 4) is 0 Å². The average Bonchev–Trinajstić information content (AvgIpc) is 2.44. The number of aliphatic hydroxyl groups excluding tert-OH is 1. The number of epoxide rings is 1. The Morgan fingerprint density at radius 2 is 2.57 bits per heavy atom. The van der Waals surface area contributed by atoms with Crippen molar-refractivity contribution in [1.29, 1.82) is 0 Å². The van der Waals surface area contributed by atoms with Crippen LogP contribution in [0.25, 0.3) is 0 Å². The van der Waals surface area contributed by atoms with E-state index >= 15 is 0 Å². The molecule has 0 aromatic rings. The molecule has 7 heavy (non-hydrogen) atoms. The van der Waals surface area contributed by atoms with Gasteiger partial charge in [0, 0.05) is 7.11 Å². The molecule has 0 radical (unpaired) electrons. The Bertz CT molecular complexity index is 60.0. The minimum atomic E-state index is -0.708. The van der Waals surface area contributed by atoms with E-state index in [0.29, 0.717) is 6.61 Å². The zero-order chi connectivity index (χ0) is 5.28. The molecule has 1 aliphatic heterocycles. The van der Waals surface area contributed by atoms with E-state index in [1.165, 1.54) is 7.11 Å². The van der Waals surface area contributed by atoms with E-state index in [-0.39, 0.29) is 6.10 Å². The Morgan fingerprint density at radius 1 is 2.00 bits per heavy atom. The van der Waals surface area contributed by atoms with Crippen molar-refractivity contribution >= 4 is 0 Å². The average molecular weight is 104 g/mol. The van der Waals surface area contributed by atoms with Gasteiger partial charge in [0.15, 0.2) is 6.29 Å². The van der Waals surface area contributed by atoms with Crippen molar-refractivity contribution in [2.24, 2.45) is 0 Å². The molecule has 3 nitrogen and oxygen atoms in total. The fourth-order valence-electron chi connectivity index (χ4n) is 0.372. The van der Waals surface area contributed by atoms with Gasteiger partial charge in [0.1, 0.15) is 6.10 Å². The second-order valence-electron chi connectivity index (χ2n) is 1.50. The summed E-state index contributed by atoms with van der Waals surface area (Å²) in [5, 5.41) is 8.65. The molecule has 1 fully saturated rings. The number of methoxy groups -OCH3 is 1. The number of aliphatic hydroxyl groups is 1. The van der Waals surface area contributed by atoms with Crippen molar-refractivity contribution in [2.75, 3.05) is 13.7 Å². The Kier molecular flexibility index (Phi) is 1.27. The lowest BCUT2D eigenvalue weighted by Crippen LogP contribution is -2.15. The first-order chi connectivity index (χ1) is 3.34. The van der Waals surface area contributed by atoms with Crippen LogP contribution in [0.3, 0.4) is 0 Å². The molecule has 42 valence electrons. The molecule has 1 aliphatic rings. The minimum absolute atomic E-state index is 0.0509. The molecule has 3 heteroatoms. The van der Waals surface area contributed by atoms with E-state index in [4.69, 9.17) is 5.11 Å². The van der Waals surface area contributed by atoms with Crippen LogP contribution in [0.15, 0.2) is 0 Å². The topological polar surface area (TPSA) is 42.0 Å². The fourth-order valence-corrected chi connectivity index (χ4v) is 0.372. The molecule has 2 atom stereocenters. The molecule has 2 unspecified atom stereocenters. The van der Waals surface area contributed by atoms with E-state index in [9.17, 15) is 0 Å². The molecule has 0 aromatic heterocycles. The third kappa shape index (κ3) is 1.12. The third-order valence-electron chi connectivity index (χ3n) is 0.919. The quantitative estimate of drug-likeness (QED) is 0.374. The highest BCUT2D eigenvalue weighted by Crippen LogP contribution is 2.13. The molecule has 0 spiro atoms. The predicted octanol–water partition coefficient (Wildman–Crippen LogP) is -0.650. The van der Waals surface area contributed by atoms with Gasteiger partial charge < -0.3 is 14.6 Å². The zero-order valence-corrected chi connectivity index (χ0v) is 4.13. The number of hydrogen-bond donors (Lipinski definition) is 1. The SMILES string of the molecule is COC(O)C1CO1. The van der Waals surface area contributed by atoms with Crippen molar-refractivity contribution in [3.63, 3.8) is 0 Å². The first-order valence-corrected chi connectivity index (χ1v) is 2.17. The van der Waals surface area contributed by atoms with Gasteiger partial charge in [-0.15, -0.1) is 0 Å². The van der Waals surface area contributed by atoms with Gasteiger partial charge in [0.05, 0.1) is 6.61 Å². The van der Waals surface area contributed by atoms with Gasteiger partial charge in [-0.1, -0.05) is 0 Å². The Labute approximate surface area is 41.8 Å². The standard InChI is InChI=1S/C4H8O3/c1-6-4(5)3-2-7-3/h3-5H,2H2,1H3. The molecule has 1 N–H and O–H groups in total. The summed E-state index contributed by atoms with van der Waals surface area (Å²) in [5.41, 5.74) is 0. The van der Waals surface area contributed by atoms with Crippen LogP contribution in [0.5, 0.6) is 0 Å². The maximum atomic E-state index is 8.65. The maximum absolute atomic E-state index is 8.65. The maximum Gasteiger partial charge on any atom is 0.183 e. The van der Waals surface area contributed by atoms with E-state index in [2.05, 4.69) is 9.47 Å². The molecular weight excluding hydrogens is 96.0 g/mol. The lowest BCUT2D eigenvalue weighted by Gasteiger charge is -2.00. The molecule has 0 aliphatic carbocycles. The van der Waals surface area contributed by atoms with E-state index in [1.54, 1.807) is 0 Å². The second kappa shape index (κ2) is 1.78. The summed E-state index contributed by atoms with van der Waals surface area (Å²) >= 11 is 0. The van der Waals surface area contributed by atoms with Crippen molar-refractivity contribution in [2.45, 2.75) is 12.4 Å². The van der Waals surface area contributed by atoms with Gasteiger partial charge in [-0.05, 0) is 0 Å². The van der Waals surface area contributed by atoms with Crippen LogP contribution in [0.4, 0.5) is 0 Å². The van der Waals surface area contributed by atoms with Gasteiger partial charge in [-0.2, -0.15) is 0 Å². The van der Waals surface area contributed by atoms with Crippen molar-refractivity contribution < 1.29 is 14.6 Å². The number of rotatable bonds is 2. The molecular formula is C4H8O3. The van der Waals surface area contributed by atoms with Crippen molar-refractivity contribution in [3.05, 3.63) is 0 Å². The first kappa shape index (κ1) is 5.03. The van der Waals surface area contributed by atoms with Gasteiger partial charge in [-0.3, -0.25) is 0 Å². The molecule has 0 aromatic carbocycles. The third-order valence-corrected chi connectivity index (χ3v) is 0.919. The second-order valence-corrected chi connectivity index (χ2v) is 1.50. The summed E-state index contributed by atoms with van der Waals surface area (Å²) in [6.45, 7) is 0.634. The van der Waals surface area contributed by atoms with Crippen LogP contribution in [-0.4, -0.2) is 31.2 Å². The highest BCUT2D eigenvalue weighted by atomic mass is 16.7. The van der Waals surface area contributed by atoms with Gasteiger partial charge >= 0.3 is 0 Å². The molecule has 0 amide bonds. The Morgan fingerprint density at radius 3 is 2.71 bits per heavy atom. The van der Waals surface area contributed by atoms with Gasteiger partial charge in [0.25, 0.3) is 0 Å². The smallest absolute Gasteiger partial charge is 0.183 e. The van der Waals surface area contributed by atoms with Crippen LogP contribution in [-0.2, 0) is 9.47 Å². The largest absolute Gasteiger partial charge is 0.368 e. The van der Waals surface area contributed by atoms with Crippen LogP contribution in [0, 0.1) is 0 Å². The van der Waals surface area contributed by atoms with Gasteiger partial charge in [-0.25, -0.2) is 0 Å². The van der Waals surface area contributed by atoms with E-state index in [1.807, 2.05) is 0 Å². The number of hydrogen-bond acceptors (Lipinski definition) is 3. The summed E-state index contributed by atoms with van der Waals surface area (Å²) in [6.07, 6.45) is -0.759. The summed E-state index contributed by atoms with van der Waals surface area (Å²) < 4.78 is 9.19.